The molecule has 26 heavy (non-hydrogen) atoms. The molecule has 0 saturated heterocycles. The van der Waals surface area contributed by atoms with Gasteiger partial charge in [0, 0.05) is 12.2 Å². The topological polar surface area (TPSA) is 84.2 Å². The summed E-state index contributed by atoms with van der Waals surface area (Å²) in [6.45, 7) is 6.52. The number of nitrogens with one attached hydrogen (secondary N) is 1. The van der Waals surface area contributed by atoms with Gasteiger partial charge in [-0.05, 0) is 30.5 Å². The molecule has 0 aliphatic heterocycles. The number of carboxylic acids is 1. The zero-order chi connectivity index (χ0) is 19.4. The lowest BCUT2D eigenvalue weighted by atomic mass is 10.0. The van der Waals surface area contributed by atoms with Crippen LogP contribution < -0.4 is 5.32 Å². The van der Waals surface area contributed by atoms with Crippen LogP contribution in [-0.4, -0.2) is 26.8 Å². The molecule has 1 unspecified atom stereocenters. The van der Waals surface area contributed by atoms with Gasteiger partial charge in [-0.3, -0.25) is 14.3 Å². The van der Waals surface area contributed by atoms with Gasteiger partial charge in [0.25, 0.3) is 5.91 Å². The fourth-order valence-electron chi connectivity index (χ4n) is 2.59. The second-order valence-corrected chi connectivity index (χ2v) is 6.92. The molecule has 6 nitrogen and oxygen atoms in total. The van der Waals surface area contributed by atoms with E-state index in [-0.39, 0.29) is 11.4 Å². The predicted octanol–water partition coefficient (Wildman–Crippen LogP) is 3.59. The van der Waals surface area contributed by atoms with Crippen LogP contribution in [0.4, 0.5) is 4.39 Å². The lowest BCUT2D eigenvalue weighted by Crippen LogP contribution is -2.30. The second-order valence-electron chi connectivity index (χ2n) is 6.52. The maximum absolute atomic E-state index is 13.7. The molecule has 0 radical (unpaired) electrons. The molecule has 0 spiro atoms. The van der Waals surface area contributed by atoms with E-state index in [0.29, 0.717) is 29.3 Å². The number of rotatable bonds is 7. The Morgan fingerprint density at radius 1 is 1.38 bits per heavy atom. The molecule has 8 heteroatoms. The van der Waals surface area contributed by atoms with Crippen LogP contribution in [0.25, 0.3) is 0 Å². The van der Waals surface area contributed by atoms with Crippen LogP contribution in [0, 0.1) is 18.7 Å². The third-order valence-corrected chi connectivity index (χ3v) is 4.22. The Balaban J connectivity index is 2.25. The molecule has 1 atom stereocenters. The largest absolute Gasteiger partial charge is 0.481 e. The third-order valence-electron chi connectivity index (χ3n) is 3.92. The molecule has 140 valence electrons. The van der Waals surface area contributed by atoms with Gasteiger partial charge in [0.1, 0.15) is 5.82 Å². The number of nitrogens with zero attached hydrogens (tertiary/aromatic N) is 2. The van der Waals surface area contributed by atoms with Gasteiger partial charge in [-0.15, -0.1) is 0 Å². The van der Waals surface area contributed by atoms with Gasteiger partial charge in [-0.1, -0.05) is 31.5 Å². The third kappa shape index (κ3) is 4.82. The van der Waals surface area contributed by atoms with Crippen LogP contribution in [0.3, 0.4) is 0 Å². The Kier molecular flexibility index (Phi) is 6.37. The minimum Gasteiger partial charge on any atom is -0.481 e. The van der Waals surface area contributed by atoms with Crippen LogP contribution in [0.15, 0.2) is 24.4 Å². The Morgan fingerprint density at radius 3 is 2.65 bits per heavy atom. The standard InChI is InChI=1S/C18H21ClFN3O3/c1-10(2)9-23-11(3)13(8-21-23)18(26)22-16(7-17(24)25)12-4-5-14(19)15(20)6-12/h4-6,8,10,16H,7,9H2,1-3H3,(H,22,26)(H,24,25). The van der Waals surface area contributed by atoms with Crippen molar-refractivity contribution >= 4 is 23.5 Å². The number of halogens is 2. The van der Waals surface area contributed by atoms with Crippen LogP contribution in [0.2, 0.25) is 5.02 Å². The van der Waals surface area contributed by atoms with Crippen molar-refractivity contribution in [3.05, 3.63) is 52.1 Å². The summed E-state index contributed by atoms with van der Waals surface area (Å²) < 4.78 is 15.5. The summed E-state index contributed by atoms with van der Waals surface area (Å²) >= 11 is 5.67. The van der Waals surface area contributed by atoms with E-state index < -0.39 is 23.7 Å². The minimum atomic E-state index is -1.11. The van der Waals surface area contributed by atoms with E-state index in [4.69, 9.17) is 16.7 Å². The van der Waals surface area contributed by atoms with E-state index in [1.807, 2.05) is 13.8 Å². The van der Waals surface area contributed by atoms with Crippen molar-refractivity contribution in [3.8, 4) is 0 Å². The lowest BCUT2D eigenvalue weighted by molar-refractivity contribution is -0.137. The predicted molar refractivity (Wildman–Crippen MR) is 95.7 cm³/mol. The average Bonchev–Trinajstić information content (AvgIpc) is 2.89. The van der Waals surface area contributed by atoms with Gasteiger partial charge < -0.3 is 10.4 Å². The first-order valence-corrected chi connectivity index (χ1v) is 8.56. The van der Waals surface area contributed by atoms with Crippen molar-refractivity contribution in [2.75, 3.05) is 0 Å². The molecule has 0 fully saturated rings. The van der Waals surface area contributed by atoms with Crippen molar-refractivity contribution in [1.29, 1.82) is 0 Å². The van der Waals surface area contributed by atoms with E-state index in [1.54, 1.807) is 11.6 Å². The molecule has 1 heterocycles. The Bertz CT molecular complexity index is 820. The number of carbonyl (C=O) groups is 2. The zero-order valence-electron chi connectivity index (χ0n) is 14.8. The summed E-state index contributed by atoms with van der Waals surface area (Å²) in [5.74, 6) is -1.88. The number of hydrogen-bond donors (Lipinski definition) is 2. The quantitative estimate of drug-likeness (QED) is 0.767. The van der Waals surface area contributed by atoms with Crippen LogP contribution >= 0.6 is 11.6 Å². The Hall–Kier alpha value is -2.41. The van der Waals surface area contributed by atoms with Crippen molar-refractivity contribution in [1.82, 2.24) is 15.1 Å². The molecule has 2 aromatic rings. The summed E-state index contributed by atoms with van der Waals surface area (Å²) in [6, 6.07) is 3.07. The molecule has 1 aromatic carbocycles. The van der Waals surface area contributed by atoms with E-state index in [2.05, 4.69) is 10.4 Å². The van der Waals surface area contributed by atoms with Gasteiger partial charge >= 0.3 is 5.97 Å². The highest BCUT2D eigenvalue weighted by atomic mass is 35.5. The van der Waals surface area contributed by atoms with Gasteiger partial charge in [-0.2, -0.15) is 5.10 Å². The summed E-state index contributed by atoms with van der Waals surface area (Å²) in [7, 11) is 0. The normalized spacial score (nSPS) is 12.2. The molecular weight excluding hydrogens is 361 g/mol. The van der Waals surface area contributed by atoms with E-state index in [1.165, 1.54) is 18.3 Å². The van der Waals surface area contributed by atoms with Gasteiger partial charge in [-0.25, -0.2) is 4.39 Å². The van der Waals surface area contributed by atoms with Crippen LogP contribution in [0.1, 0.15) is 47.9 Å². The molecule has 0 saturated carbocycles. The van der Waals surface area contributed by atoms with Crippen molar-refractivity contribution in [3.63, 3.8) is 0 Å². The van der Waals surface area contributed by atoms with E-state index in [0.717, 1.165) is 6.07 Å². The van der Waals surface area contributed by atoms with Crippen LogP contribution in [0.5, 0.6) is 0 Å². The molecule has 1 amide bonds. The fraction of sp³-hybridized carbons (Fsp3) is 0.389. The minimum absolute atomic E-state index is 0.0695. The van der Waals surface area contributed by atoms with Crippen molar-refractivity contribution in [2.24, 2.45) is 5.92 Å². The summed E-state index contributed by atoms with van der Waals surface area (Å²) in [6.07, 6.45) is 1.07. The average molecular weight is 382 g/mol. The first-order chi connectivity index (χ1) is 12.2. The highest BCUT2D eigenvalue weighted by Crippen LogP contribution is 2.23. The maximum atomic E-state index is 13.7. The molecular formula is C18H21ClFN3O3. The molecule has 0 aliphatic rings. The Morgan fingerprint density at radius 2 is 2.08 bits per heavy atom. The van der Waals surface area contributed by atoms with Crippen molar-refractivity contribution < 1.29 is 19.1 Å². The molecule has 0 bridgehead atoms. The number of carbonyl (C=O) groups excluding carboxylic acids is 1. The summed E-state index contributed by atoms with van der Waals surface area (Å²) in [4.78, 5) is 23.8. The van der Waals surface area contributed by atoms with Gasteiger partial charge in [0.05, 0.1) is 29.2 Å². The second kappa shape index (κ2) is 8.31. The van der Waals surface area contributed by atoms with Gasteiger partial charge in [0.2, 0.25) is 0 Å². The highest BCUT2D eigenvalue weighted by molar-refractivity contribution is 6.30. The monoisotopic (exact) mass is 381 g/mol. The first kappa shape index (κ1) is 19.9. The molecule has 0 aliphatic carbocycles. The molecule has 1 aromatic heterocycles. The highest BCUT2D eigenvalue weighted by Gasteiger charge is 2.22. The van der Waals surface area contributed by atoms with E-state index >= 15 is 0 Å². The lowest BCUT2D eigenvalue weighted by Gasteiger charge is -2.18. The summed E-state index contributed by atoms with van der Waals surface area (Å²) in [5.41, 5.74) is 1.37. The first-order valence-electron chi connectivity index (χ1n) is 8.19. The zero-order valence-corrected chi connectivity index (χ0v) is 15.5. The maximum Gasteiger partial charge on any atom is 0.305 e. The smallest absolute Gasteiger partial charge is 0.305 e. The number of aliphatic carboxylic acids is 1. The SMILES string of the molecule is Cc1c(C(=O)NC(CC(=O)O)c2ccc(Cl)c(F)c2)cnn1CC(C)C. The van der Waals surface area contributed by atoms with Crippen molar-refractivity contribution in [2.45, 2.75) is 39.8 Å². The van der Waals surface area contributed by atoms with Gasteiger partial charge in [0.15, 0.2) is 0 Å². The number of hydrogen-bond acceptors (Lipinski definition) is 3. The number of amides is 1. The van der Waals surface area contributed by atoms with Crippen LogP contribution in [-0.2, 0) is 11.3 Å². The Labute approximate surface area is 156 Å². The molecule has 2 N–H and O–H groups in total. The summed E-state index contributed by atoms with van der Waals surface area (Å²) in [5, 5.41) is 15.9. The number of aromatic nitrogens is 2. The number of carboxylic acid groups (broad SMARTS) is 1. The van der Waals surface area contributed by atoms with E-state index in [9.17, 15) is 14.0 Å². The fourth-order valence-corrected chi connectivity index (χ4v) is 2.71. The number of benzene rings is 1. The molecule has 2 rings (SSSR count).